The number of allylic oxidation sites excluding steroid dienone is 4. The molecule has 0 bridgehead atoms. The van der Waals surface area contributed by atoms with Crippen molar-refractivity contribution in [3.05, 3.63) is 84.8 Å². The molecule has 5 rings (SSSR count). The van der Waals surface area contributed by atoms with Crippen molar-refractivity contribution in [3.63, 3.8) is 0 Å². The smallest absolute Gasteiger partial charge is 0.161 e. The van der Waals surface area contributed by atoms with Crippen molar-refractivity contribution in [2.75, 3.05) is 0 Å². The highest BCUT2D eigenvalue weighted by Crippen LogP contribution is 2.49. The van der Waals surface area contributed by atoms with E-state index in [1.165, 1.54) is 12.1 Å². The van der Waals surface area contributed by atoms with Gasteiger partial charge >= 0.3 is 0 Å². The van der Waals surface area contributed by atoms with Gasteiger partial charge in [0.25, 0.3) is 0 Å². The second kappa shape index (κ2) is 9.18. The molecule has 0 radical (unpaired) electrons. The lowest BCUT2D eigenvalue weighted by atomic mass is 9.71. The summed E-state index contributed by atoms with van der Waals surface area (Å²) in [5, 5.41) is 3.45. The molecule has 0 aromatic heterocycles. The number of ether oxygens (including phenoxy) is 1. The molecule has 170 valence electrons. The first-order chi connectivity index (χ1) is 15.9. The molecule has 1 heterocycles. The molecule has 1 aliphatic heterocycles. The monoisotopic (exact) mass is 573 g/mol. The summed E-state index contributed by atoms with van der Waals surface area (Å²) in [6.07, 6.45) is 4.17. The van der Waals surface area contributed by atoms with Crippen molar-refractivity contribution in [1.82, 2.24) is 5.32 Å². The lowest BCUT2D eigenvalue weighted by Crippen LogP contribution is -2.36. The molecule has 3 aliphatic rings. The van der Waals surface area contributed by atoms with Crippen LogP contribution in [-0.4, -0.2) is 11.6 Å². The highest BCUT2D eigenvalue weighted by molar-refractivity contribution is 9.11. The quantitative estimate of drug-likeness (QED) is 0.445. The highest BCUT2D eigenvalue weighted by atomic mass is 79.9. The van der Waals surface area contributed by atoms with Crippen molar-refractivity contribution in [3.8, 4) is 5.75 Å². The van der Waals surface area contributed by atoms with Crippen molar-refractivity contribution in [1.29, 1.82) is 0 Å². The second-order valence-corrected chi connectivity index (χ2v) is 10.4. The van der Waals surface area contributed by atoms with Crippen LogP contribution in [0.1, 0.15) is 55.6 Å². The number of halogens is 3. The Morgan fingerprint density at radius 2 is 1.52 bits per heavy atom. The van der Waals surface area contributed by atoms with Crippen LogP contribution in [0.15, 0.2) is 67.9 Å². The third-order valence-electron chi connectivity index (χ3n) is 6.44. The van der Waals surface area contributed by atoms with Gasteiger partial charge in [0.1, 0.15) is 18.2 Å². The highest BCUT2D eigenvalue weighted by Gasteiger charge is 2.41. The Bertz CT molecular complexity index is 1170. The van der Waals surface area contributed by atoms with Crippen LogP contribution in [0, 0.1) is 5.82 Å². The fourth-order valence-corrected chi connectivity index (χ4v) is 6.35. The van der Waals surface area contributed by atoms with Crippen LogP contribution in [0.2, 0.25) is 0 Å². The number of hydrogen-bond acceptors (Lipinski definition) is 4. The first kappa shape index (κ1) is 22.5. The number of benzene rings is 2. The zero-order valence-electron chi connectivity index (χ0n) is 17.8. The SMILES string of the molecule is O=C1CCCC2=C1C(c1cc(Br)cc(Br)c1OCc1ccc(F)cc1)C1=C(CCCC1=O)N2. The van der Waals surface area contributed by atoms with Gasteiger partial charge in [-0.05, 0) is 71.4 Å². The van der Waals surface area contributed by atoms with Gasteiger partial charge in [-0.2, -0.15) is 0 Å². The van der Waals surface area contributed by atoms with Gasteiger partial charge in [-0.1, -0.05) is 28.1 Å². The molecule has 0 unspecified atom stereocenters. The molecular weight excluding hydrogens is 553 g/mol. The molecule has 0 amide bonds. The minimum absolute atomic E-state index is 0.0826. The van der Waals surface area contributed by atoms with Gasteiger partial charge in [-0.25, -0.2) is 4.39 Å². The summed E-state index contributed by atoms with van der Waals surface area (Å²) >= 11 is 7.20. The molecule has 4 nitrogen and oxygen atoms in total. The molecule has 0 atom stereocenters. The van der Waals surface area contributed by atoms with Gasteiger partial charge in [0.15, 0.2) is 11.6 Å². The van der Waals surface area contributed by atoms with Crippen molar-refractivity contribution in [2.24, 2.45) is 0 Å². The zero-order chi connectivity index (χ0) is 23.1. The summed E-state index contributed by atoms with van der Waals surface area (Å²) in [5.74, 6) is -0.0122. The van der Waals surface area contributed by atoms with Crippen molar-refractivity contribution in [2.45, 2.75) is 51.0 Å². The molecule has 2 aromatic carbocycles. The molecule has 0 spiro atoms. The Kier molecular flexibility index (Phi) is 6.27. The lowest BCUT2D eigenvalue weighted by molar-refractivity contribution is -0.116. The Morgan fingerprint density at radius 1 is 0.909 bits per heavy atom. The van der Waals surface area contributed by atoms with Crippen LogP contribution in [0.25, 0.3) is 0 Å². The number of Topliss-reactive ketones (excluding diaryl/α,β-unsaturated/α-hetero) is 2. The van der Waals surface area contributed by atoms with Gasteiger partial charge in [-0.3, -0.25) is 9.59 Å². The minimum atomic E-state index is -0.464. The van der Waals surface area contributed by atoms with E-state index in [2.05, 4.69) is 37.2 Å². The molecule has 33 heavy (non-hydrogen) atoms. The van der Waals surface area contributed by atoms with E-state index < -0.39 is 5.92 Å². The van der Waals surface area contributed by atoms with Crippen molar-refractivity contribution >= 4 is 43.4 Å². The molecule has 2 aromatic rings. The summed E-state index contributed by atoms with van der Waals surface area (Å²) in [5.41, 5.74) is 4.85. The van der Waals surface area contributed by atoms with E-state index in [1.807, 2.05) is 12.1 Å². The van der Waals surface area contributed by atoms with E-state index >= 15 is 0 Å². The maximum atomic E-state index is 13.3. The predicted octanol–water partition coefficient (Wildman–Crippen LogP) is 6.63. The average molecular weight is 575 g/mol. The first-order valence-corrected chi connectivity index (χ1v) is 12.7. The van der Waals surface area contributed by atoms with E-state index in [4.69, 9.17) is 4.74 Å². The van der Waals surface area contributed by atoms with Crippen LogP contribution >= 0.6 is 31.9 Å². The van der Waals surface area contributed by atoms with E-state index in [0.717, 1.165) is 57.1 Å². The van der Waals surface area contributed by atoms with Crippen LogP contribution < -0.4 is 10.1 Å². The number of ketones is 2. The summed E-state index contributed by atoms with van der Waals surface area (Å²) in [7, 11) is 0. The molecule has 7 heteroatoms. The van der Waals surface area contributed by atoms with Crippen LogP contribution in [0.4, 0.5) is 4.39 Å². The number of nitrogens with one attached hydrogen (secondary N) is 1. The molecule has 0 saturated carbocycles. The Labute approximate surface area is 208 Å². The van der Waals surface area contributed by atoms with E-state index in [0.29, 0.717) is 29.7 Å². The molecule has 0 saturated heterocycles. The minimum Gasteiger partial charge on any atom is -0.487 e. The molecular formula is C26H22Br2FNO3. The van der Waals surface area contributed by atoms with Gasteiger partial charge in [-0.15, -0.1) is 0 Å². The number of carbonyl (C=O) groups excluding carboxylic acids is 2. The predicted molar refractivity (Wildman–Crippen MR) is 130 cm³/mol. The topological polar surface area (TPSA) is 55.4 Å². The Balaban J connectivity index is 1.63. The number of hydrogen-bond donors (Lipinski definition) is 1. The summed E-state index contributed by atoms with van der Waals surface area (Å²) < 4.78 is 21.1. The van der Waals surface area contributed by atoms with Gasteiger partial charge in [0, 0.05) is 51.3 Å². The largest absolute Gasteiger partial charge is 0.487 e. The van der Waals surface area contributed by atoms with Crippen LogP contribution in [0.5, 0.6) is 5.75 Å². The Hall–Kier alpha value is -2.25. The zero-order valence-corrected chi connectivity index (χ0v) is 21.0. The fraction of sp³-hybridized carbons (Fsp3) is 0.308. The lowest BCUT2D eigenvalue weighted by Gasteiger charge is -2.37. The maximum absolute atomic E-state index is 13.3. The normalized spacial score (nSPS) is 18.8. The average Bonchev–Trinajstić information content (AvgIpc) is 2.78. The number of dihydropyridines is 1. The standard InChI is InChI=1S/C26H22Br2FNO3/c27-15-11-17(26(18(28)12-15)33-13-14-7-9-16(29)10-8-14)23-24-19(3-1-5-21(24)31)30-20-4-2-6-22(32)25(20)23/h7-12,23,30H,1-6,13H2. The van der Waals surface area contributed by atoms with Gasteiger partial charge in [0.2, 0.25) is 0 Å². The Morgan fingerprint density at radius 3 is 2.12 bits per heavy atom. The number of rotatable bonds is 4. The van der Waals surface area contributed by atoms with E-state index in [-0.39, 0.29) is 24.0 Å². The van der Waals surface area contributed by atoms with Gasteiger partial charge in [0.05, 0.1) is 4.47 Å². The molecule has 1 N–H and O–H groups in total. The summed E-state index contributed by atoms with van der Waals surface area (Å²) in [4.78, 5) is 26.3. The van der Waals surface area contributed by atoms with E-state index in [9.17, 15) is 14.0 Å². The maximum Gasteiger partial charge on any atom is 0.161 e. The summed E-state index contributed by atoms with van der Waals surface area (Å²) in [6.45, 7) is 0.234. The first-order valence-electron chi connectivity index (χ1n) is 11.1. The molecule has 0 fully saturated rings. The second-order valence-electron chi connectivity index (χ2n) is 8.62. The fourth-order valence-electron chi connectivity index (χ4n) is 4.98. The van der Waals surface area contributed by atoms with Crippen LogP contribution in [-0.2, 0) is 16.2 Å². The summed E-state index contributed by atoms with van der Waals surface area (Å²) in [6, 6.07) is 10.0. The molecule has 2 aliphatic carbocycles. The number of carbonyl (C=O) groups is 2. The van der Waals surface area contributed by atoms with Gasteiger partial charge < -0.3 is 10.1 Å². The van der Waals surface area contributed by atoms with Crippen LogP contribution in [0.3, 0.4) is 0 Å². The third-order valence-corrected chi connectivity index (χ3v) is 7.48. The third kappa shape index (κ3) is 4.33. The van der Waals surface area contributed by atoms with Crippen molar-refractivity contribution < 1.29 is 18.7 Å². The van der Waals surface area contributed by atoms with E-state index in [1.54, 1.807) is 12.1 Å².